The zero-order valence-corrected chi connectivity index (χ0v) is 19.8. The second kappa shape index (κ2) is 9.85. The molecule has 1 aromatic rings. The summed E-state index contributed by atoms with van der Waals surface area (Å²) >= 11 is 0. The van der Waals surface area contributed by atoms with Gasteiger partial charge in [0.05, 0.1) is 0 Å². The Hall–Kier alpha value is -2.35. The Bertz CT molecular complexity index is 957. The monoisotopic (exact) mass is 446 g/mol. The van der Waals surface area contributed by atoms with E-state index in [1.165, 1.54) is 5.56 Å². The van der Waals surface area contributed by atoms with Gasteiger partial charge >= 0.3 is 6.03 Å². The lowest BCUT2D eigenvalue weighted by Gasteiger charge is -2.33. The van der Waals surface area contributed by atoms with Crippen LogP contribution in [0, 0.1) is 5.92 Å². The summed E-state index contributed by atoms with van der Waals surface area (Å²) in [4.78, 5) is 14.4. The van der Waals surface area contributed by atoms with Gasteiger partial charge in [0.25, 0.3) is 10.0 Å². The minimum atomic E-state index is -3.71. The highest BCUT2D eigenvalue weighted by Crippen LogP contribution is 2.34. The fourth-order valence-electron chi connectivity index (χ4n) is 4.02. The van der Waals surface area contributed by atoms with Crippen molar-refractivity contribution in [1.82, 2.24) is 15.5 Å². The fraction of sp³-hybridized carbons (Fsp3) is 0.565. The van der Waals surface area contributed by atoms with Crippen LogP contribution in [0.15, 0.2) is 34.2 Å². The van der Waals surface area contributed by atoms with Crippen molar-refractivity contribution in [3.63, 3.8) is 0 Å². The Morgan fingerprint density at radius 3 is 2.42 bits per heavy atom. The van der Waals surface area contributed by atoms with Gasteiger partial charge in [-0.05, 0) is 49.7 Å². The summed E-state index contributed by atoms with van der Waals surface area (Å²) in [5.41, 5.74) is 2.55. The number of carbonyl (C=O) groups is 1. The van der Waals surface area contributed by atoms with Gasteiger partial charge in [-0.25, -0.2) is 4.79 Å². The molecule has 0 atom stereocenters. The van der Waals surface area contributed by atoms with E-state index in [9.17, 15) is 13.2 Å². The molecule has 0 spiro atoms. The Balaban J connectivity index is 1.62. The van der Waals surface area contributed by atoms with Gasteiger partial charge in [-0.15, -0.1) is 4.40 Å². The molecule has 8 heteroatoms. The van der Waals surface area contributed by atoms with Gasteiger partial charge in [0.1, 0.15) is 10.7 Å². The van der Waals surface area contributed by atoms with Crippen molar-refractivity contribution in [2.75, 3.05) is 19.6 Å². The van der Waals surface area contributed by atoms with Crippen molar-refractivity contribution in [3.05, 3.63) is 41.0 Å². The van der Waals surface area contributed by atoms with Crippen LogP contribution in [0.4, 0.5) is 4.79 Å². The van der Waals surface area contributed by atoms with Crippen LogP contribution in [0.5, 0.6) is 0 Å². The number of carbonyl (C=O) groups excluding carboxylic acids is 1. The van der Waals surface area contributed by atoms with E-state index in [2.05, 4.69) is 35.8 Å². The fourth-order valence-corrected chi connectivity index (χ4v) is 5.51. The molecule has 31 heavy (non-hydrogen) atoms. The summed E-state index contributed by atoms with van der Waals surface area (Å²) in [5.74, 6) is 1.09. The van der Waals surface area contributed by atoms with E-state index < -0.39 is 10.0 Å². The van der Waals surface area contributed by atoms with Crippen molar-refractivity contribution in [2.24, 2.45) is 10.3 Å². The van der Waals surface area contributed by atoms with Crippen LogP contribution in [0.1, 0.15) is 58.1 Å². The zero-order chi connectivity index (χ0) is 22.6. The first-order valence-corrected chi connectivity index (χ1v) is 12.6. The number of hydrogen-bond donors (Lipinski definition) is 2. The van der Waals surface area contributed by atoms with Crippen molar-refractivity contribution >= 4 is 26.8 Å². The third-order valence-corrected chi connectivity index (χ3v) is 7.37. The molecule has 1 aromatic carbocycles. The van der Waals surface area contributed by atoms with E-state index in [-0.39, 0.29) is 12.1 Å². The first-order valence-electron chi connectivity index (χ1n) is 11.2. The van der Waals surface area contributed by atoms with Gasteiger partial charge in [0, 0.05) is 31.2 Å². The van der Waals surface area contributed by atoms with E-state index in [4.69, 9.17) is 0 Å². The van der Waals surface area contributed by atoms with E-state index in [1.807, 2.05) is 36.1 Å². The molecule has 0 unspecified atom stereocenters. The highest BCUT2D eigenvalue weighted by atomic mass is 32.2. The number of benzene rings is 1. The SMILES string of the molecule is CCc1ccc(C2=C(C)C(N3CCC(NC(=O)NCCC(C)C)CC3)=NS2(=O)=O)cc1. The summed E-state index contributed by atoms with van der Waals surface area (Å²) < 4.78 is 29.7. The molecule has 2 aliphatic rings. The summed E-state index contributed by atoms with van der Waals surface area (Å²) in [7, 11) is -3.71. The lowest BCUT2D eigenvalue weighted by Crippen LogP contribution is -2.49. The first-order chi connectivity index (χ1) is 14.7. The molecule has 0 saturated carbocycles. The summed E-state index contributed by atoms with van der Waals surface area (Å²) in [6.07, 6.45) is 3.37. The molecule has 0 aliphatic carbocycles. The molecule has 1 fully saturated rings. The van der Waals surface area contributed by atoms with E-state index in [0.717, 1.165) is 25.7 Å². The maximum absolute atomic E-state index is 12.8. The minimum absolute atomic E-state index is 0.0826. The number of nitrogens with zero attached hydrogens (tertiary/aromatic N) is 2. The summed E-state index contributed by atoms with van der Waals surface area (Å²) in [5, 5.41) is 5.93. The number of piperidine rings is 1. The minimum Gasteiger partial charge on any atom is -0.356 e. The van der Waals surface area contributed by atoms with Gasteiger partial charge in [0.2, 0.25) is 0 Å². The number of nitrogens with one attached hydrogen (secondary N) is 2. The molecule has 170 valence electrons. The number of likely N-dealkylation sites (tertiary alicyclic amines) is 1. The first kappa shape index (κ1) is 23.3. The maximum Gasteiger partial charge on any atom is 0.315 e. The normalized spacial score (nSPS) is 19.0. The molecule has 2 aliphatic heterocycles. The van der Waals surface area contributed by atoms with Crippen LogP contribution in [0.2, 0.25) is 0 Å². The standard InChI is InChI=1S/C23H34N4O3S/c1-5-18-6-8-19(9-7-18)21-17(4)22(26-31(21,29)30)27-14-11-20(12-15-27)25-23(28)24-13-10-16(2)3/h6-9,16,20H,5,10-15H2,1-4H3,(H2,24,25,28). The van der Waals surface area contributed by atoms with Crippen LogP contribution >= 0.6 is 0 Å². The maximum atomic E-state index is 12.8. The summed E-state index contributed by atoms with van der Waals surface area (Å²) in [6.45, 7) is 10.1. The van der Waals surface area contributed by atoms with Crippen molar-refractivity contribution in [1.29, 1.82) is 0 Å². The molecule has 2 amide bonds. The Morgan fingerprint density at radius 1 is 1.19 bits per heavy atom. The number of urea groups is 1. The third kappa shape index (κ3) is 5.67. The number of amidine groups is 1. The van der Waals surface area contributed by atoms with Crippen molar-refractivity contribution in [2.45, 2.75) is 59.4 Å². The Labute approximate surface area is 186 Å². The molecule has 0 aromatic heterocycles. The predicted molar refractivity (Wildman–Crippen MR) is 125 cm³/mol. The number of amides is 2. The Morgan fingerprint density at radius 2 is 1.84 bits per heavy atom. The van der Waals surface area contributed by atoms with Crippen LogP contribution in [-0.2, 0) is 16.4 Å². The topological polar surface area (TPSA) is 90.9 Å². The number of aryl methyl sites for hydroxylation is 1. The molecular formula is C23H34N4O3S. The van der Waals surface area contributed by atoms with Crippen LogP contribution < -0.4 is 10.6 Å². The lowest BCUT2D eigenvalue weighted by atomic mass is 10.0. The largest absolute Gasteiger partial charge is 0.356 e. The number of sulfonamides is 1. The lowest BCUT2D eigenvalue weighted by molar-refractivity contribution is 0.226. The molecular weight excluding hydrogens is 412 g/mol. The molecule has 0 radical (unpaired) electrons. The predicted octanol–water partition coefficient (Wildman–Crippen LogP) is 3.53. The van der Waals surface area contributed by atoms with Crippen LogP contribution in [0.25, 0.3) is 4.91 Å². The molecule has 3 rings (SSSR count). The van der Waals surface area contributed by atoms with Crippen molar-refractivity contribution in [3.8, 4) is 0 Å². The van der Waals surface area contributed by atoms with Crippen LogP contribution in [-0.4, -0.2) is 50.9 Å². The molecule has 2 heterocycles. The zero-order valence-electron chi connectivity index (χ0n) is 18.9. The van der Waals surface area contributed by atoms with Gasteiger partial charge < -0.3 is 15.5 Å². The second-order valence-electron chi connectivity index (χ2n) is 8.74. The van der Waals surface area contributed by atoms with Gasteiger partial charge in [0.15, 0.2) is 0 Å². The average Bonchev–Trinajstić information content (AvgIpc) is 2.97. The summed E-state index contributed by atoms with van der Waals surface area (Å²) in [6, 6.07) is 7.61. The van der Waals surface area contributed by atoms with Gasteiger partial charge in [-0.3, -0.25) is 0 Å². The van der Waals surface area contributed by atoms with Crippen molar-refractivity contribution < 1.29 is 13.2 Å². The third-order valence-electron chi connectivity index (χ3n) is 5.90. The van der Waals surface area contributed by atoms with Crippen LogP contribution in [0.3, 0.4) is 0 Å². The van der Waals surface area contributed by atoms with Gasteiger partial charge in [-0.2, -0.15) is 8.42 Å². The van der Waals surface area contributed by atoms with Gasteiger partial charge in [-0.1, -0.05) is 45.0 Å². The van der Waals surface area contributed by atoms with E-state index in [1.54, 1.807) is 0 Å². The second-order valence-corrected chi connectivity index (χ2v) is 10.3. The van der Waals surface area contributed by atoms with E-state index >= 15 is 0 Å². The molecule has 2 N–H and O–H groups in total. The Kier molecular flexibility index (Phi) is 7.41. The average molecular weight is 447 g/mol. The molecule has 1 saturated heterocycles. The van der Waals surface area contributed by atoms with E-state index in [0.29, 0.717) is 47.4 Å². The molecule has 0 bridgehead atoms. The smallest absolute Gasteiger partial charge is 0.315 e. The molecule has 7 nitrogen and oxygen atoms in total. The quantitative estimate of drug-likeness (QED) is 0.699. The highest BCUT2D eigenvalue weighted by molar-refractivity contribution is 8.00. The highest BCUT2D eigenvalue weighted by Gasteiger charge is 2.35. The number of rotatable bonds is 6. The number of hydrogen-bond acceptors (Lipinski definition) is 4.